The van der Waals surface area contributed by atoms with E-state index in [0.717, 1.165) is 22.2 Å². The van der Waals surface area contributed by atoms with Crippen LogP contribution >= 0.6 is 11.3 Å². The summed E-state index contributed by atoms with van der Waals surface area (Å²) in [7, 11) is 1.32. The first-order chi connectivity index (χ1) is 16.4. The average molecular weight is 508 g/mol. The van der Waals surface area contributed by atoms with Crippen molar-refractivity contribution in [3.05, 3.63) is 63.5 Å². The van der Waals surface area contributed by atoms with E-state index in [0.29, 0.717) is 36.6 Å². The van der Waals surface area contributed by atoms with Gasteiger partial charge in [-0.25, -0.2) is 9.78 Å². The molecule has 0 saturated heterocycles. The number of ether oxygens (including phenoxy) is 3. The number of alkyl halides is 3. The highest BCUT2D eigenvalue weighted by atomic mass is 32.1. The highest BCUT2D eigenvalue weighted by Crippen LogP contribution is 2.37. The first-order valence-electron chi connectivity index (χ1n) is 11.1. The van der Waals surface area contributed by atoms with E-state index >= 15 is 0 Å². The number of benzene rings is 2. The molecule has 0 aliphatic heterocycles. The van der Waals surface area contributed by atoms with Gasteiger partial charge in [0.2, 0.25) is 0 Å². The Balaban J connectivity index is 1.59. The van der Waals surface area contributed by atoms with Gasteiger partial charge in [-0.3, -0.25) is 0 Å². The van der Waals surface area contributed by atoms with Crippen molar-refractivity contribution >= 4 is 17.3 Å². The molecule has 3 rings (SSSR count). The van der Waals surface area contributed by atoms with E-state index < -0.39 is 23.3 Å². The largest absolute Gasteiger partial charge is 0.493 e. The van der Waals surface area contributed by atoms with Gasteiger partial charge in [-0.1, -0.05) is 18.2 Å². The summed E-state index contributed by atoms with van der Waals surface area (Å²) in [6.45, 7) is 7.50. The first kappa shape index (κ1) is 26.5. The van der Waals surface area contributed by atoms with Gasteiger partial charge in [-0.2, -0.15) is 13.2 Å². The van der Waals surface area contributed by atoms with Gasteiger partial charge in [0.05, 0.1) is 30.0 Å². The van der Waals surface area contributed by atoms with Crippen molar-refractivity contribution in [1.82, 2.24) is 4.98 Å². The van der Waals surface area contributed by atoms with E-state index in [4.69, 9.17) is 14.2 Å². The summed E-state index contributed by atoms with van der Waals surface area (Å²) < 4.78 is 56.5. The summed E-state index contributed by atoms with van der Waals surface area (Å²) in [5.41, 5.74) is 0.351. The summed E-state index contributed by atoms with van der Waals surface area (Å²) >= 11 is 1.34. The molecule has 2 aromatic carbocycles. The molecule has 0 aliphatic carbocycles. The Hall–Kier alpha value is -3.07. The Bertz CT molecular complexity index is 1190. The molecule has 0 radical (unpaired) electrons. The normalized spacial score (nSPS) is 11.9. The molecule has 35 heavy (non-hydrogen) atoms. The third kappa shape index (κ3) is 6.33. The van der Waals surface area contributed by atoms with Crippen LogP contribution in [0.5, 0.6) is 11.5 Å². The van der Waals surface area contributed by atoms with Crippen LogP contribution in [-0.2, 0) is 22.1 Å². The van der Waals surface area contributed by atoms with Gasteiger partial charge in [0.15, 0.2) is 5.60 Å². The molecule has 0 atom stereocenters. The molecule has 3 aromatic rings. The summed E-state index contributed by atoms with van der Waals surface area (Å²) in [6, 6.07) is 9.01. The Morgan fingerprint density at radius 3 is 2.37 bits per heavy atom. The molecule has 0 aliphatic rings. The van der Waals surface area contributed by atoms with Gasteiger partial charge in [0.1, 0.15) is 11.5 Å². The minimum atomic E-state index is -4.43. The number of carbonyl (C=O) groups excluding carboxylic acids is 1. The van der Waals surface area contributed by atoms with Crippen LogP contribution in [0.4, 0.5) is 13.2 Å². The van der Waals surface area contributed by atoms with Crippen LogP contribution in [0.1, 0.15) is 42.0 Å². The summed E-state index contributed by atoms with van der Waals surface area (Å²) in [4.78, 5) is 16.3. The second-order valence-corrected chi connectivity index (χ2v) is 9.48. The predicted molar refractivity (Wildman–Crippen MR) is 129 cm³/mol. The molecular formula is C26H28F3NO4S. The number of halogens is 3. The monoisotopic (exact) mass is 507 g/mol. The van der Waals surface area contributed by atoms with E-state index in [1.807, 2.05) is 13.8 Å². The number of hydrogen-bond acceptors (Lipinski definition) is 6. The molecule has 0 unspecified atom stereocenters. The van der Waals surface area contributed by atoms with Crippen LogP contribution in [0.2, 0.25) is 0 Å². The molecule has 1 heterocycles. The standard InChI is InChI=1S/C26H28F3NO4S/c1-16-17(2)22(34-25(3,4)24(31)32-5)13-12-21(16)33-14-8-11-23-30-20(15-35-23)18-9-6-7-10-19(18)26(27,28)29/h6-7,9-10,12-13,15H,8,11,14H2,1-5H3. The fourth-order valence-corrected chi connectivity index (χ4v) is 4.35. The Kier molecular flexibility index (Phi) is 8.10. The zero-order valence-corrected chi connectivity index (χ0v) is 21.1. The maximum absolute atomic E-state index is 13.3. The molecule has 0 bridgehead atoms. The third-order valence-corrected chi connectivity index (χ3v) is 6.49. The minimum absolute atomic E-state index is 0.0857. The molecule has 0 spiro atoms. The number of nitrogens with zero attached hydrogens (tertiary/aromatic N) is 1. The van der Waals surface area contributed by atoms with Crippen molar-refractivity contribution in [2.24, 2.45) is 0 Å². The molecule has 0 amide bonds. The Labute approximate surface area is 206 Å². The summed E-state index contributed by atoms with van der Waals surface area (Å²) in [5, 5.41) is 2.41. The van der Waals surface area contributed by atoms with Crippen LogP contribution in [0.3, 0.4) is 0 Å². The van der Waals surface area contributed by atoms with Gasteiger partial charge in [0, 0.05) is 17.4 Å². The smallest absolute Gasteiger partial charge is 0.417 e. The van der Waals surface area contributed by atoms with Crippen LogP contribution in [0, 0.1) is 13.8 Å². The minimum Gasteiger partial charge on any atom is -0.493 e. The lowest BCUT2D eigenvalue weighted by molar-refractivity contribution is -0.156. The lowest BCUT2D eigenvalue weighted by Gasteiger charge is -2.25. The van der Waals surface area contributed by atoms with Gasteiger partial charge < -0.3 is 14.2 Å². The second kappa shape index (κ2) is 10.7. The van der Waals surface area contributed by atoms with Crippen LogP contribution in [0.25, 0.3) is 11.3 Å². The topological polar surface area (TPSA) is 57.7 Å². The maximum Gasteiger partial charge on any atom is 0.417 e. The number of methoxy groups -OCH3 is 1. The van der Waals surface area contributed by atoms with Crippen molar-refractivity contribution in [3.8, 4) is 22.8 Å². The van der Waals surface area contributed by atoms with Crippen molar-refractivity contribution in [1.29, 1.82) is 0 Å². The van der Waals surface area contributed by atoms with Crippen molar-refractivity contribution in [3.63, 3.8) is 0 Å². The zero-order valence-electron chi connectivity index (χ0n) is 20.3. The van der Waals surface area contributed by atoms with E-state index in [9.17, 15) is 18.0 Å². The van der Waals surface area contributed by atoms with Gasteiger partial charge in [-0.05, 0) is 63.4 Å². The highest BCUT2D eigenvalue weighted by Gasteiger charge is 2.34. The molecule has 9 heteroatoms. The molecule has 5 nitrogen and oxygen atoms in total. The molecule has 0 N–H and O–H groups in total. The van der Waals surface area contributed by atoms with Crippen molar-refractivity contribution in [2.75, 3.05) is 13.7 Å². The molecular weight excluding hydrogens is 479 g/mol. The highest BCUT2D eigenvalue weighted by molar-refractivity contribution is 7.09. The fourth-order valence-electron chi connectivity index (χ4n) is 3.51. The average Bonchev–Trinajstić information content (AvgIpc) is 3.28. The van der Waals surface area contributed by atoms with Crippen LogP contribution in [0.15, 0.2) is 41.8 Å². The number of aromatic nitrogens is 1. The lowest BCUT2D eigenvalue weighted by Crippen LogP contribution is -2.39. The SMILES string of the molecule is COC(=O)C(C)(C)Oc1ccc(OCCCc2nc(-c3ccccc3C(F)(F)F)cs2)c(C)c1C. The quantitative estimate of drug-likeness (QED) is 0.236. The third-order valence-electron chi connectivity index (χ3n) is 5.58. The second-order valence-electron chi connectivity index (χ2n) is 8.54. The van der Waals surface area contributed by atoms with E-state index in [2.05, 4.69) is 4.98 Å². The lowest BCUT2D eigenvalue weighted by atomic mass is 10.1. The Morgan fingerprint density at radius 1 is 1.03 bits per heavy atom. The first-order valence-corrected chi connectivity index (χ1v) is 11.9. The van der Waals surface area contributed by atoms with Crippen LogP contribution < -0.4 is 9.47 Å². The fraction of sp³-hybridized carbons (Fsp3) is 0.385. The summed E-state index contributed by atoms with van der Waals surface area (Å²) in [6.07, 6.45) is -3.19. The van der Waals surface area contributed by atoms with E-state index in [-0.39, 0.29) is 5.56 Å². The number of thiazole rings is 1. The Morgan fingerprint density at radius 2 is 1.69 bits per heavy atom. The van der Waals surface area contributed by atoms with Crippen molar-refractivity contribution in [2.45, 2.75) is 52.3 Å². The van der Waals surface area contributed by atoms with Crippen LogP contribution in [-0.4, -0.2) is 30.3 Å². The van der Waals surface area contributed by atoms with E-state index in [1.165, 1.54) is 30.6 Å². The van der Waals surface area contributed by atoms with Gasteiger partial charge in [0.25, 0.3) is 0 Å². The molecule has 0 fully saturated rings. The number of carbonyl (C=O) groups is 1. The predicted octanol–water partition coefficient (Wildman–Crippen LogP) is 6.79. The zero-order chi connectivity index (χ0) is 25.8. The molecule has 188 valence electrons. The number of hydrogen-bond donors (Lipinski definition) is 0. The molecule has 0 saturated carbocycles. The van der Waals surface area contributed by atoms with E-state index in [1.54, 1.807) is 37.4 Å². The number of rotatable bonds is 9. The van der Waals surface area contributed by atoms with Gasteiger partial charge in [-0.15, -0.1) is 11.3 Å². The number of aryl methyl sites for hydroxylation is 1. The summed E-state index contributed by atoms with van der Waals surface area (Å²) in [5.74, 6) is 0.798. The maximum atomic E-state index is 13.3. The molecule has 1 aromatic heterocycles. The number of esters is 1. The van der Waals surface area contributed by atoms with Gasteiger partial charge >= 0.3 is 12.1 Å². The van der Waals surface area contributed by atoms with Crippen molar-refractivity contribution < 1.29 is 32.2 Å².